The third-order valence-electron chi connectivity index (χ3n) is 6.92. The second kappa shape index (κ2) is 10.0. The number of phenols is 1. The zero-order valence-corrected chi connectivity index (χ0v) is 20.9. The molecule has 6 rings (SSSR count). The molecule has 0 bridgehead atoms. The summed E-state index contributed by atoms with van der Waals surface area (Å²) < 4.78 is 11.7. The van der Waals surface area contributed by atoms with E-state index in [2.05, 4.69) is 0 Å². The lowest BCUT2D eigenvalue weighted by molar-refractivity contribution is -0.132. The van der Waals surface area contributed by atoms with E-state index in [0.29, 0.717) is 29.2 Å². The average molecular weight is 520 g/mol. The Hall–Kier alpha value is -5.04. The molecule has 7 nitrogen and oxygen atoms in total. The quantitative estimate of drug-likeness (QED) is 0.187. The Kier molecular flexibility index (Phi) is 6.25. The molecule has 1 atom stereocenters. The van der Waals surface area contributed by atoms with Crippen molar-refractivity contribution in [3.05, 3.63) is 119 Å². The van der Waals surface area contributed by atoms with Crippen LogP contribution in [0.3, 0.4) is 0 Å². The van der Waals surface area contributed by atoms with Crippen LogP contribution in [-0.4, -0.2) is 28.5 Å². The van der Waals surface area contributed by atoms with E-state index in [0.717, 1.165) is 24.2 Å². The fourth-order valence-corrected chi connectivity index (χ4v) is 5.10. The number of nitrogens with zero attached hydrogens (tertiary/aromatic N) is 1. The minimum Gasteiger partial charge on any atom is -0.507 e. The molecule has 1 saturated heterocycles. The monoisotopic (exact) mass is 519 g/mol. The maximum Gasteiger partial charge on any atom is 0.300 e. The maximum absolute atomic E-state index is 13.5. The lowest BCUT2D eigenvalue weighted by atomic mass is 9.93. The molecule has 2 aliphatic heterocycles. The molecule has 2 N–H and O–H groups in total. The number of aryl methyl sites for hydroxylation is 1. The first-order valence-electron chi connectivity index (χ1n) is 12.7. The number of carbonyl (C=O) groups excluding carboxylic acids is 2. The van der Waals surface area contributed by atoms with E-state index in [4.69, 9.17) is 9.47 Å². The molecule has 7 heteroatoms. The highest BCUT2D eigenvalue weighted by Gasteiger charge is 2.47. The molecule has 1 amide bonds. The number of benzene rings is 4. The van der Waals surface area contributed by atoms with Crippen LogP contribution in [0, 0.1) is 0 Å². The predicted molar refractivity (Wildman–Crippen MR) is 146 cm³/mol. The van der Waals surface area contributed by atoms with Crippen molar-refractivity contribution in [3.63, 3.8) is 0 Å². The number of carbonyl (C=O) groups is 2. The molecule has 1 unspecified atom stereocenters. The van der Waals surface area contributed by atoms with E-state index in [-0.39, 0.29) is 22.8 Å². The Bertz CT molecular complexity index is 1610. The molecule has 4 aromatic carbocycles. The van der Waals surface area contributed by atoms with Crippen molar-refractivity contribution in [2.24, 2.45) is 0 Å². The van der Waals surface area contributed by atoms with Crippen LogP contribution in [0.2, 0.25) is 0 Å². The van der Waals surface area contributed by atoms with Gasteiger partial charge < -0.3 is 19.7 Å². The highest BCUT2D eigenvalue weighted by molar-refractivity contribution is 6.51. The zero-order valence-electron chi connectivity index (χ0n) is 20.9. The van der Waals surface area contributed by atoms with E-state index < -0.39 is 17.7 Å². The van der Waals surface area contributed by atoms with Gasteiger partial charge in [0.15, 0.2) is 0 Å². The normalized spacial score (nSPS) is 17.9. The molecule has 0 aliphatic carbocycles. The van der Waals surface area contributed by atoms with Crippen LogP contribution in [0.15, 0.2) is 103 Å². The second-order valence-corrected chi connectivity index (χ2v) is 9.42. The topological polar surface area (TPSA) is 96.3 Å². The molecular formula is C32H25NO6. The van der Waals surface area contributed by atoms with Crippen molar-refractivity contribution in [1.29, 1.82) is 0 Å². The van der Waals surface area contributed by atoms with E-state index in [9.17, 15) is 19.8 Å². The van der Waals surface area contributed by atoms with E-state index in [1.54, 1.807) is 60.7 Å². The molecule has 1 fully saturated rings. The largest absolute Gasteiger partial charge is 0.507 e. The summed E-state index contributed by atoms with van der Waals surface area (Å²) in [6.45, 7) is 0.630. The Morgan fingerprint density at radius 3 is 2.46 bits per heavy atom. The van der Waals surface area contributed by atoms with Gasteiger partial charge in [-0.2, -0.15) is 0 Å². The van der Waals surface area contributed by atoms with Gasteiger partial charge >= 0.3 is 0 Å². The number of phenolic OH excluding ortho intramolecular Hbond substituents is 1. The first-order valence-corrected chi connectivity index (χ1v) is 12.7. The van der Waals surface area contributed by atoms with Gasteiger partial charge in [0.2, 0.25) is 0 Å². The summed E-state index contributed by atoms with van der Waals surface area (Å²) in [5.41, 5.74) is 1.97. The molecule has 0 saturated carbocycles. The van der Waals surface area contributed by atoms with Crippen LogP contribution in [0.1, 0.15) is 29.2 Å². The van der Waals surface area contributed by atoms with Gasteiger partial charge in [-0.05, 0) is 78.6 Å². The predicted octanol–water partition coefficient (Wildman–Crippen LogP) is 6.14. The fourth-order valence-electron chi connectivity index (χ4n) is 5.10. The number of para-hydroxylation sites is 3. The molecule has 0 radical (unpaired) electrons. The number of hydrogen-bond acceptors (Lipinski definition) is 6. The van der Waals surface area contributed by atoms with Crippen LogP contribution in [0.5, 0.6) is 23.0 Å². The van der Waals surface area contributed by atoms with Crippen LogP contribution in [-0.2, 0) is 16.0 Å². The lowest BCUT2D eigenvalue weighted by Crippen LogP contribution is -2.29. The second-order valence-electron chi connectivity index (χ2n) is 9.42. The third kappa shape index (κ3) is 4.48. The number of anilines is 1. The van der Waals surface area contributed by atoms with Gasteiger partial charge in [0.25, 0.3) is 11.7 Å². The van der Waals surface area contributed by atoms with Gasteiger partial charge in [0.05, 0.1) is 23.9 Å². The van der Waals surface area contributed by atoms with Crippen molar-refractivity contribution < 1.29 is 29.3 Å². The number of amides is 1. The van der Waals surface area contributed by atoms with Crippen LogP contribution in [0.25, 0.3) is 5.76 Å². The number of Topliss-reactive ketones (excluding diaryl/α,β-unsaturated/α-hetero) is 1. The van der Waals surface area contributed by atoms with E-state index in [1.165, 1.54) is 11.0 Å². The van der Waals surface area contributed by atoms with Gasteiger partial charge in [0.1, 0.15) is 28.8 Å². The molecule has 194 valence electrons. The third-order valence-corrected chi connectivity index (χ3v) is 6.92. The number of fused-ring (bicyclic) bond motifs is 1. The molecule has 39 heavy (non-hydrogen) atoms. The summed E-state index contributed by atoms with van der Waals surface area (Å²) in [6, 6.07) is 26.8. The molecule has 2 heterocycles. The van der Waals surface area contributed by atoms with Crippen molar-refractivity contribution in [1.82, 2.24) is 0 Å². The van der Waals surface area contributed by atoms with Crippen LogP contribution in [0.4, 0.5) is 5.69 Å². The fraction of sp³-hybridized carbons (Fsp3) is 0.125. The minimum absolute atomic E-state index is 0.0724. The molecule has 0 aromatic heterocycles. The Labute approximate surface area is 225 Å². The summed E-state index contributed by atoms with van der Waals surface area (Å²) >= 11 is 0. The SMILES string of the molecule is O=C1C(=O)N(c2ccccc2O)C(c2cccc(Oc3ccccc3)c2)/C1=C(/O)c1ccc2c(c1)CCCO2. The summed E-state index contributed by atoms with van der Waals surface area (Å²) in [7, 11) is 0. The van der Waals surface area contributed by atoms with Crippen molar-refractivity contribution in [3.8, 4) is 23.0 Å². The Morgan fingerprint density at radius 1 is 0.872 bits per heavy atom. The first kappa shape index (κ1) is 24.3. The summed E-state index contributed by atoms with van der Waals surface area (Å²) in [6.07, 6.45) is 1.63. The maximum atomic E-state index is 13.5. The van der Waals surface area contributed by atoms with Crippen LogP contribution >= 0.6 is 0 Å². The zero-order chi connectivity index (χ0) is 26.9. The van der Waals surface area contributed by atoms with Gasteiger partial charge in [-0.1, -0.05) is 42.5 Å². The number of aliphatic hydroxyl groups is 1. The summed E-state index contributed by atoms with van der Waals surface area (Å²) in [4.78, 5) is 28.2. The molecule has 2 aliphatic rings. The van der Waals surface area contributed by atoms with E-state index in [1.807, 2.05) is 30.3 Å². The minimum atomic E-state index is -1.01. The van der Waals surface area contributed by atoms with E-state index >= 15 is 0 Å². The van der Waals surface area contributed by atoms with Gasteiger partial charge in [-0.25, -0.2) is 0 Å². The first-order chi connectivity index (χ1) is 19.0. The average Bonchev–Trinajstić information content (AvgIpc) is 3.23. The van der Waals surface area contributed by atoms with Crippen molar-refractivity contribution in [2.45, 2.75) is 18.9 Å². The molecule has 0 spiro atoms. The lowest BCUT2D eigenvalue weighted by Gasteiger charge is -2.26. The van der Waals surface area contributed by atoms with Crippen LogP contribution < -0.4 is 14.4 Å². The highest BCUT2D eigenvalue weighted by Crippen LogP contribution is 2.45. The number of hydrogen-bond donors (Lipinski definition) is 2. The Balaban J connectivity index is 1.50. The van der Waals surface area contributed by atoms with Crippen molar-refractivity contribution >= 4 is 23.1 Å². The summed E-state index contributed by atoms with van der Waals surface area (Å²) in [5, 5.41) is 22.2. The highest BCUT2D eigenvalue weighted by atomic mass is 16.5. The molecular weight excluding hydrogens is 494 g/mol. The van der Waals surface area contributed by atoms with Gasteiger partial charge in [-0.3, -0.25) is 14.5 Å². The number of rotatable bonds is 5. The van der Waals surface area contributed by atoms with Gasteiger partial charge in [-0.15, -0.1) is 0 Å². The smallest absolute Gasteiger partial charge is 0.300 e. The number of aliphatic hydroxyl groups excluding tert-OH is 1. The Morgan fingerprint density at radius 2 is 1.64 bits per heavy atom. The van der Waals surface area contributed by atoms with Gasteiger partial charge in [0, 0.05) is 5.56 Å². The standard InChI is InChI=1S/C32H25NO6/c34-26-14-5-4-13-25(26)33-29(21-8-6-12-24(19-21)39-23-10-2-1-3-11-23)28(31(36)32(33)37)30(35)22-15-16-27-20(18-22)9-7-17-38-27/h1-6,8,10-16,18-19,29,34-35H,7,9,17H2/b30-28-. The van der Waals surface area contributed by atoms with Crippen molar-refractivity contribution in [2.75, 3.05) is 11.5 Å². The summed E-state index contributed by atoms with van der Waals surface area (Å²) in [5.74, 6) is -0.281. The number of aromatic hydroxyl groups is 1. The number of ether oxygens (including phenoxy) is 2. The number of ketones is 1. The molecule has 4 aromatic rings.